The molecule has 9 N–H and O–H groups in total. The summed E-state index contributed by atoms with van der Waals surface area (Å²) >= 11 is 0. The third-order valence-corrected chi connectivity index (χ3v) is 8.32. The summed E-state index contributed by atoms with van der Waals surface area (Å²) in [6.45, 7) is -0.123. The molecule has 1 spiro atoms. The van der Waals surface area contributed by atoms with Gasteiger partial charge in [-0.1, -0.05) is 6.07 Å². The smallest absolute Gasteiger partial charge is 0.346 e. The van der Waals surface area contributed by atoms with E-state index in [2.05, 4.69) is 20.9 Å². The Morgan fingerprint density at radius 2 is 1.84 bits per heavy atom. The van der Waals surface area contributed by atoms with E-state index >= 15 is 0 Å². The second kappa shape index (κ2) is 8.15. The van der Waals surface area contributed by atoms with Crippen molar-refractivity contribution in [3.05, 3.63) is 34.9 Å². The van der Waals surface area contributed by atoms with Gasteiger partial charge in [0.05, 0.1) is 13.1 Å². The van der Waals surface area contributed by atoms with Crippen LogP contribution >= 0.6 is 0 Å². The van der Waals surface area contributed by atoms with Gasteiger partial charge < -0.3 is 26.6 Å². The van der Waals surface area contributed by atoms with E-state index in [4.69, 9.17) is 11.5 Å². The Balaban J connectivity index is 1.30. The molecule has 1 unspecified atom stereocenters. The summed E-state index contributed by atoms with van der Waals surface area (Å²) in [5.41, 5.74) is 13.4. The molecule has 1 aliphatic carbocycles. The molecule has 1 aromatic rings. The van der Waals surface area contributed by atoms with Crippen LogP contribution in [0, 0.1) is 0 Å². The molecule has 0 saturated carbocycles. The number of hydrogen-bond acceptors (Lipinski definition) is 10. The highest BCUT2D eigenvalue weighted by Crippen LogP contribution is 2.41. The maximum absolute atomic E-state index is 13.2. The Morgan fingerprint density at radius 3 is 2.57 bits per heavy atom. The van der Waals surface area contributed by atoms with Crippen LogP contribution in [0.2, 0.25) is 0 Å². The van der Waals surface area contributed by atoms with Gasteiger partial charge in [0, 0.05) is 18.4 Å². The van der Waals surface area contributed by atoms with Crippen LogP contribution in [-0.4, -0.2) is 92.0 Å². The molecule has 2 saturated heterocycles. The number of aryl methyl sites for hydroxylation is 2. The molecule has 2 fully saturated rings. The topological polar surface area (TPSA) is 198 Å². The fourth-order valence-electron chi connectivity index (χ4n) is 6.45. The number of benzene rings is 1. The van der Waals surface area contributed by atoms with Crippen LogP contribution < -0.4 is 27.4 Å². The second-order valence-corrected chi connectivity index (χ2v) is 10.4. The number of rotatable bonds is 4. The highest BCUT2D eigenvalue weighted by molar-refractivity contribution is 6.02. The number of carbonyl (C=O) groups excluding carboxylic acids is 3. The number of hydrogen-bond donors (Lipinski definition) is 7. The number of nitrogens with two attached hydrogens (primary N) is 2. The quantitative estimate of drug-likeness (QED) is 0.124. The van der Waals surface area contributed by atoms with E-state index in [0.717, 1.165) is 36.1 Å². The van der Waals surface area contributed by atoms with E-state index in [1.54, 1.807) is 6.07 Å². The third kappa shape index (κ3) is 3.40. The summed E-state index contributed by atoms with van der Waals surface area (Å²) in [6.07, 6.45) is 4.33. The zero-order valence-corrected chi connectivity index (χ0v) is 20.2. The number of carbonyl (C=O) groups is 3. The highest BCUT2D eigenvalue weighted by Gasteiger charge is 2.75. The predicted octanol–water partition coefficient (Wildman–Crippen LogP) is -3.21. The number of guanidine groups is 2. The molecule has 4 aliphatic heterocycles. The van der Waals surface area contributed by atoms with E-state index in [1.807, 2.05) is 12.1 Å². The Bertz CT molecular complexity index is 1260. The molecule has 4 atom stereocenters. The van der Waals surface area contributed by atoms with Gasteiger partial charge >= 0.3 is 5.96 Å². The molecule has 3 amide bonds. The van der Waals surface area contributed by atoms with Gasteiger partial charge in [0.15, 0.2) is 5.96 Å². The van der Waals surface area contributed by atoms with E-state index in [0.29, 0.717) is 5.56 Å². The summed E-state index contributed by atoms with van der Waals surface area (Å²) in [7, 11) is 0. The average molecular weight is 512 g/mol. The van der Waals surface area contributed by atoms with Crippen LogP contribution in [0.3, 0.4) is 0 Å². The lowest BCUT2D eigenvalue weighted by Gasteiger charge is -2.44. The van der Waals surface area contributed by atoms with Crippen molar-refractivity contribution < 1.29 is 29.2 Å². The van der Waals surface area contributed by atoms with Gasteiger partial charge in [-0.3, -0.25) is 30.3 Å². The molecule has 37 heavy (non-hydrogen) atoms. The van der Waals surface area contributed by atoms with E-state index in [1.165, 1.54) is 10.1 Å². The Morgan fingerprint density at radius 1 is 1.14 bits per heavy atom. The SMILES string of the molecule is NC1=N[C@H]2[C@H](CN3C(=O)CCC3=O)NC(N)=[N+]3CC(NC(=O)c4ccc5c(c4)CCCC5)C(O)(O)[C@]23N1. The summed E-state index contributed by atoms with van der Waals surface area (Å²) in [6, 6.07) is 2.71. The van der Waals surface area contributed by atoms with Crippen molar-refractivity contribution in [3.8, 4) is 0 Å². The lowest BCUT2D eigenvalue weighted by atomic mass is 9.85. The van der Waals surface area contributed by atoms with Gasteiger partial charge in [0.2, 0.25) is 23.3 Å². The highest BCUT2D eigenvalue weighted by atomic mass is 16.5. The van der Waals surface area contributed by atoms with Crippen molar-refractivity contribution in [2.75, 3.05) is 13.1 Å². The van der Waals surface area contributed by atoms with Crippen LogP contribution in [0.15, 0.2) is 23.2 Å². The van der Waals surface area contributed by atoms with Crippen molar-refractivity contribution in [2.45, 2.75) is 68.1 Å². The molecule has 4 heterocycles. The van der Waals surface area contributed by atoms with Crippen LogP contribution in [-0.2, 0) is 22.4 Å². The number of fused-ring (bicyclic) bond motifs is 1. The Hall–Kier alpha value is -3.71. The molecule has 1 aromatic carbocycles. The van der Waals surface area contributed by atoms with E-state index in [9.17, 15) is 24.6 Å². The normalized spacial score (nSPS) is 31.8. The minimum atomic E-state index is -2.57. The molecule has 6 rings (SSSR count). The van der Waals surface area contributed by atoms with Gasteiger partial charge in [0.1, 0.15) is 18.1 Å². The van der Waals surface area contributed by atoms with Crippen molar-refractivity contribution in [1.82, 2.24) is 20.9 Å². The van der Waals surface area contributed by atoms with Crippen LogP contribution in [0.5, 0.6) is 0 Å². The van der Waals surface area contributed by atoms with Gasteiger partial charge in [-0.25, -0.2) is 9.57 Å². The van der Waals surface area contributed by atoms with Crippen LogP contribution in [0.25, 0.3) is 0 Å². The minimum Gasteiger partial charge on any atom is -0.370 e. The average Bonchev–Trinajstić information content (AvgIpc) is 3.46. The Labute approximate surface area is 212 Å². The number of likely N-dealkylation sites (tertiary alicyclic amines) is 1. The molecule has 13 heteroatoms. The largest absolute Gasteiger partial charge is 0.370 e. The standard InChI is InChI=1S/C24H30N8O5/c25-21-29-19-15(10-31-17(33)7-8-18(31)34)27-22(26)32-11-16(24(36,37)23(19,32)30-21)28-20(35)14-6-5-12-3-1-2-4-13(12)9-14/h5-6,9,15-16,19,36-37H,1-4,7-8,10-11H2,(H6,25,26,27,28,29,30,35)/p+1/t15-,16?,19-,23-/m0/s1. The molecule has 0 bridgehead atoms. The van der Waals surface area contributed by atoms with Crippen LogP contribution in [0.4, 0.5) is 0 Å². The van der Waals surface area contributed by atoms with E-state index < -0.39 is 35.5 Å². The first-order valence-electron chi connectivity index (χ1n) is 12.6. The number of nitrogens with zero attached hydrogens (tertiary/aromatic N) is 3. The number of nitrogens with one attached hydrogen (secondary N) is 3. The van der Waals surface area contributed by atoms with Crippen molar-refractivity contribution in [1.29, 1.82) is 0 Å². The monoisotopic (exact) mass is 511 g/mol. The van der Waals surface area contributed by atoms with E-state index in [-0.39, 0.29) is 49.7 Å². The first-order chi connectivity index (χ1) is 17.6. The van der Waals surface area contributed by atoms with Gasteiger partial charge in [0.25, 0.3) is 5.91 Å². The number of imide groups is 1. The lowest BCUT2D eigenvalue weighted by Crippen LogP contribution is -2.79. The molecular formula is C24H31N8O5+. The van der Waals surface area contributed by atoms with Crippen LogP contribution in [0.1, 0.15) is 47.2 Å². The van der Waals surface area contributed by atoms with Gasteiger partial charge in [-0.05, 0) is 48.9 Å². The van der Waals surface area contributed by atoms with Crippen molar-refractivity contribution in [3.63, 3.8) is 0 Å². The van der Waals surface area contributed by atoms with Gasteiger partial charge in [-0.15, -0.1) is 0 Å². The predicted molar refractivity (Wildman–Crippen MR) is 130 cm³/mol. The van der Waals surface area contributed by atoms with Crippen molar-refractivity contribution in [2.24, 2.45) is 16.5 Å². The summed E-state index contributed by atoms with van der Waals surface area (Å²) in [5.74, 6) is -3.62. The van der Waals surface area contributed by atoms with Crippen molar-refractivity contribution >= 4 is 29.6 Å². The minimum absolute atomic E-state index is 0.0512. The fraction of sp³-hybridized carbons (Fsp3) is 0.542. The second-order valence-electron chi connectivity index (χ2n) is 10.4. The maximum atomic E-state index is 13.2. The third-order valence-electron chi connectivity index (χ3n) is 8.32. The number of aliphatic imine (C=N–C) groups is 1. The number of amides is 3. The molecule has 196 valence electrons. The fourth-order valence-corrected chi connectivity index (χ4v) is 6.45. The number of aliphatic hydroxyl groups is 2. The first-order valence-corrected chi connectivity index (χ1v) is 12.6. The molecular weight excluding hydrogens is 480 g/mol. The molecule has 0 radical (unpaired) electrons. The summed E-state index contributed by atoms with van der Waals surface area (Å²) < 4.78 is 1.49. The zero-order valence-electron chi connectivity index (χ0n) is 20.2. The molecule has 13 nitrogen and oxygen atoms in total. The summed E-state index contributed by atoms with van der Waals surface area (Å²) in [5, 5.41) is 31.9. The zero-order chi connectivity index (χ0) is 26.1. The Kier molecular flexibility index (Phi) is 5.21. The lowest BCUT2D eigenvalue weighted by molar-refractivity contribution is -0.623. The first kappa shape index (κ1) is 23.7. The molecule has 0 aromatic heterocycles. The summed E-state index contributed by atoms with van der Waals surface area (Å²) in [4.78, 5) is 43.2. The van der Waals surface area contributed by atoms with Gasteiger partial charge in [-0.2, -0.15) is 0 Å². The maximum Gasteiger partial charge on any atom is 0.346 e. The molecule has 5 aliphatic rings.